The van der Waals surface area contributed by atoms with Crippen LogP contribution < -0.4 is 0 Å². The minimum atomic E-state index is -0.0250. The van der Waals surface area contributed by atoms with Gasteiger partial charge in [-0.2, -0.15) is 20.8 Å². The Morgan fingerprint density at radius 3 is 1.62 bits per heavy atom. The largest absolute Gasteiger partial charge is 0.243 e. The van der Waals surface area contributed by atoms with Crippen molar-refractivity contribution in [3.05, 3.63) is 125 Å². The normalized spacial score (nSPS) is 12.9. The molecule has 2 aliphatic rings. The predicted molar refractivity (Wildman–Crippen MR) is 152 cm³/mol. The lowest BCUT2D eigenvalue weighted by molar-refractivity contribution is 1.19. The van der Waals surface area contributed by atoms with Crippen molar-refractivity contribution in [1.82, 2.24) is 9.97 Å². The van der Waals surface area contributed by atoms with E-state index >= 15 is 0 Å². The third kappa shape index (κ3) is 3.37. The van der Waals surface area contributed by atoms with Gasteiger partial charge in [0, 0.05) is 22.3 Å². The van der Waals surface area contributed by atoms with E-state index in [9.17, 15) is 15.8 Å². The molecule has 2 aliphatic carbocycles. The maximum atomic E-state index is 9.89. The molecule has 1 heterocycles. The highest BCUT2D eigenvalue weighted by atomic mass is 14.9. The Hall–Kier alpha value is -6.16. The molecule has 40 heavy (non-hydrogen) atoms. The van der Waals surface area contributed by atoms with E-state index < -0.39 is 0 Å². The molecule has 6 nitrogen and oxygen atoms in total. The first-order valence-electron chi connectivity index (χ1n) is 12.6. The molecule has 0 N–H and O–H groups in total. The molecule has 182 valence electrons. The number of rotatable bonds is 2. The molecule has 0 fully saturated rings. The van der Waals surface area contributed by atoms with E-state index in [4.69, 9.17) is 9.97 Å². The van der Waals surface area contributed by atoms with Crippen molar-refractivity contribution < 1.29 is 0 Å². The molecule has 1 aromatic heterocycles. The van der Waals surface area contributed by atoms with Gasteiger partial charge in [0.1, 0.15) is 34.8 Å². The smallest absolute Gasteiger partial charge is 0.206 e. The third-order valence-electron chi connectivity index (χ3n) is 7.28. The van der Waals surface area contributed by atoms with Gasteiger partial charge in [0.05, 0.1) is 11.4 Å². The number of hydrogen-bond donors (Lipinski definition) is 0. The lowest BCUT2D eigenvalue weighted by Crippen LogP contribution is -2.04. The lowest BCUT2D eigenvalue weighted by Gasteiger charge is -2.07. The number of aliphatic imine (C=N–C) groups is 1. The van der Waals surface area contributed by atoms with Crippen molar-refractivity contribution in [2.24, 2.45) is 4.99 Å². The Morgan fingerprint density at radius 2 is 1.05 bits per heavy atom. The predicted octanol–water partition coefficient (Wildman–Crippen LogP) is 6.94. The molecule has 5 aromatic rings. The third-order valence-corrected chi connectivity index (χ3v) is 7.28. The second-order valence-corrected chi connectivity index (χ2v) is 9.40. The summed E-state index contributed by atoms with van der Waals surface area (Å²) >= 11 is 0. The molecule has 0 saturated carbocycles. The maximum Gasteiger partial charge on any atom is 0.206 e. The number of benzene rings is 4. The number of nitriles is 3. The molecule has 0 aliphatic heterocycles. The molecule has 6 heteroatoms. The van der Waals surface area contributed by atoms with Gasteiger partial charge in [0.2, 0.25) is 6.19 Å². The van der Waals surface area contributed by atoms with Crippen LogP contribution >= 0.6 is 0 Å². The van der Waals surface area contributed by atoms with Crippen molar-refractivity contribution in [1.29, 1.82) is 15.8 Å². The highest BCUT2D eigenvalue weighted by Gasteiger charge is 2.36. The summed E-state index contributed by atoms with van der Waals surface area (Å²) in [5, 5.41) is 29.4. The molecule has 0 unspecified atom stereocenters. The molecule has 0 saturated heterocycles. The summed E-state index contributed by atoms with van der Waals surface area (Å²) in [5.74, 6) is 0. The number of fused-ring (bicyclic) bond motifs is 6. The first kappa shape index (κ1) is 23.0. The Balaban J connectivity index is 1.46. The summed E-state index contributed by atoms with van der Waals surface area (Å²) in [4.78, 5) is 14.2. The fourth-order valence-corrected chi connectivity index (χ4v) is 5.48. The monoisotopic (exact) mass is 508 g/mol. The molecule has 0 bridgehead atoms. The van der Waals surface area contributed by atoms with Crippen LogP contribution in [-0.2, 0) is 0 Å². The minimum Gasteiger partial charge on any atom is -0.243 e. The van der Waals surface area contributed by atoms with Gasteiger partial charge in [-0.05, 0) is 39.9 Å². The molecule has 0 atom stereocenters. The fraction of sp³-hybridized carbons (Fsp3) is 0. The van der Waals surface area contributed by atoms with Gasteiger partial charge >= 0.3 is 0 Å². The average molecular weight is 509 g/mol. The van der Waals surface area contributed by atoms with Crippen molar-refractivity contribution in [3.63, 3.8) is 0 Å². The van der Waals surface area contributed by atoms with E-state index in [1.807, 2.05) is 103 Å². The van der Waals surface area contributed by atoms with Crippen LogP contribution in [0.2, 0.25) is 0 Å². The standard InChI is InChI=1S/C34H16N6/c35-17-24(18-36)29-27-15-22(20-7-3-1-4-8-20)11-13-25(27)31-33(29)39-32-26-14-12-23(21-9-5-2-6-10-21)16-28(26)30(38-19-37)34(32)40-31/h1-16H/b38-30+. The van der Waals surface area contributed by atoms with Gasteiger partial charge in [-0.25, -0.2) is 9.97 Å². The Labute approximate surface area is 230 Å². The zero-order valence-electron chi connectivity index (χ0n) is 20.9. The van der Waals surface area contributed by atoms with Crippen LogP contribution in [0, 0.1) is 34.1 Å². The van der Waals surface area contributed by atoms with E-state index in [1.54, 1.807) is 0 Å². The number of nitrogens with zero attached hydrogens (tertiary/aromatic N) is 6. The van der Waals surface area contributed by atoms with Crippen LogP contribution in [0.1, 0.15) is 22.5 Å². The first-order valence-corrected chi connectivity index (χ1v) is 12.6. The van der Waals surface area contributed by atoms with Crippen molar-refractivity contribution >= 4 is 11.3 Å². The van der Waals surface area contributed by atoms with Crippen LogP contribution in [-0.4, -0.2) is 15.7 Å². The number of allylic oxidation sites excluding steroid dienone is 1. The zero-order chi connectivity index (χ0) is 27.2. The summed E-state index contributed by atoms with van der Waals surface area (Å²) in [6.07, 6.45) is 1.93. The van der Waals surface area contributed by atoms with E-state index in [-0.39, 0.29) is 5.57 Å². The van der Waals surface area contributed by atoms with Crippen LogP contribution in [0.25, 0.3) is 50.3 Å². The van der Waals surface area contributed by atoms with Gasteiger partial charge in [-0.1, -0.05) is 84.9 Å². The van der Waals surface area contributed by atoms with Crippen molar-refractivity contribution in [3.8, 4) is 63.1 Å². The molecular weight excluding hydrogens is 492 g/mol. The summed E-state index contributed by atoms with van der Waals surface area (Å²) in [7, 11) is 0. The summed E-state index contributed by atoms with van der Waals surface area (Å²) in [5.41, 5.74) is 10.1. The zero-order valence-corrected chi connectivity index (χ0v) is 20.9. The SMILES string of the molecule is N#C/N=C1\c2cc(-c3ccccc3)ccc2-c2nc3c(nc21)-c1ccc(-c2ccccc2)cc1C3=C(C#N)C#N. The van der Waals surface area contributed by atoms with E-state index in [2.05, 4.69) is 17.1 Å². The Kier molecular flexibility index (Phi) is 5.17. The first-order chi connectivity index (χ1) is 19.7. The maximum absolute atomic E-state index is 9.89. The number of hydrogen-bond acceptors (Lipinski definition) is 6. The molecule has 0 amide bonds. The van der Waals surface area contributed by atoms with E-state index in [0.717, 1.165) is 44.5 Å². The van der Waals surface area contributed by atoms with Gasteiger partial charge in [-0.15, -0.1) is 0 Å². The van der Waals surface area contributed by atoms with Gasteiger partial charge < -0.3 is 0 Å². The Morgan fingerprint density at radius 1 is 0.525 bits per heavy atom. The van der Waals surface area contributed by atoms with Crippen LogP contribution in [0.15, 0.2) is 108 Å². The number of aromatic nitrogens is 2. The van der Waals surface area contributed by atoms with Gasteiger partial charge in [0.15, 0.2) is 0 Å². The second kappa shape index (κ2) is 8.99. The summed E-state index contributed by atoms with van der Waals surface area (Å²) in [6.45, 7) is 0. The van der Waals surface area contributed by atoms with Gasteiger partial charge in [-0.3, -0.25) is 0 Å². The highest BCUT2D eigenvalue weighted by molar-refractivity contribution is 6.24. The summed E-state index contributed by atoms with van der Waals surface area (Å²) in [6, 6.07) is 35.9. The minimum absolute atomic E-state index is 0.0250. The quantitative estimate of drug-likeness (QED) is 0.186. The molecule has 7 rings (SSSR count). The van der Waals surface area contributed by atoms with E-state index in [1.165, 1.54) is 0 Å². The van der Waals surface area contributed by atoms with Crippen LogP contribution in [0.5, 0.6) is 0 Å². The lowest BCUT2D eigenvalue weighted by atomic mass is 9.96. The Bertz CT molecular complexity index is 2050. The van der Waals surface area contributed by atoms with Crippen molar-refractivity contribution in [2.75, 3.05) is 0 Å². The van der Waals surface area contributed by atoms with Gasteiger partial charge in [0.25, 0.3) is 0 Å². The van der Waals surface area contributed by atoms with Crippen LogP contribution in [0.3, 0.4) is 0 Å². The molecule has 0 spiro atoms. The molecular formula is C34H16N6. The highest BCUT2D eigenvalue weighted by Crippen LogP contribution is 2.48. The van der Waals surface area contributed by atoms with Crippen LogP contribution in [0.4, 0.5) is 0 Å². The topological polar surface area (TPSA) is 110 Å². The molecule has 0 radical (unpaired) electrons. The average Bonchev–Trinajstić information content (AvgIpc) is 3.49. The fourth-order valence-electron chi connectivity index (χ4n) is 5.48. The molecule has 4 aromatic carbocycles. The second-order valence-electron chi connectivity index (χ2n) is 9.40. The van der Waals surface area contributed by atoms with Crippen molar-refractivity contribution in [2.45, 2.75) is 0 Å². The summed E-state index contributed by atoms with van der Waals surface area (Å²) < 4.78 is 0. The van der Waals surface area contributed by atoms with E-state index in [0.29, 0.717) is 34.1 Å².